The maximum Gasteiger partial charge on any atom is 0.0781 e. The van der Waals surface area contributed by atoms with Crippen LogP contribution in [0.2, 0.25) is 0 Å². The van der Waals surface area contributed by atoms with E-state index < -0.39 is 0 Å². The minimum Gasteiger partial charge on any atom is -0.391 e. The van der Waals surface area contributed by atoms with Gasteiger partial charge in [0.05, 0.1) is 17.8 Å². The van der Waals surface area contributed by atoms with Crippen LogP contribution in [0.4, 0.5) is 0 Å². The first kappa shape index (κ1) is 14.5. The number of aliphatic hydroxyl groups excluding tert-OH is 1. The first-order valence-corrected chi connectivity index (χ1v) is 7.58. The van der Waals surface area contributed by atoms with Gasteiger partial charge in [0.1, 0.15) is 0 Å². The number of aromatic nitrogens is 2. The zero-order chi connectivity index (χ0) is 13.8. The average Bonchev–Trinajstić information content (AvgIpc) is 2.67. The van der Waals surface area contributed by atoms with E-state index in [-0.39, 0.29) is 12.1 Å². The van der Waals surface area contributed by atoms with Crippen LogP contribution in [0.5, 0.6) is 0 Å². The molecule has 0 amide bonds. The Morgan fingerprint density at radius 2 is 2.05 bits per heavy atom. The molecule has 1 aliphatic rings. The first-order valence-electron chi connectivity index (χ1n) is 7.58. The third-order valence-electron chi connectivity index (χ3n) is 4.21. The molecule has 2 unspecified atom stereocenters. The van der Waals surface area contributed by atoms with Gasteiger partial charge in [0, 0.05) is 17.8 Å². The summed E-state index contributed by atoms with van der Waals surface area (Å²) in [5, 5.41) is 18.3. The van der Waals surface area contributed by atoms with Crippen molar-refractivity contribution in [1.82, 2.24) is 15.1 Å². The summed E-state index contributed by atoms with van der Waals surface area (Å²) in [6.45, 7) is 8.30. The van der Waals surface area contributed by atoms with Crippen LogP contribution in [-0.2, 0) is 6.54 Å². The van der Waals surface area contributed by atoms with Crippen molar-refractivity contribution in [2.24, 2.45) is 0 Å². The number of aryl methyl sites for hydroxylation is 1. The highest BCUT2D eigenvalue weighted by Crippen LogP contribution is 2.30. The van der Waals surface area contributed by atoms with Gasteiger partial charge in [-0.25, -0.2) is 0 Å². The minimum atomic E-state index is -0.233. The second kappa shape index (κ2) is 6.53. The Hall–Kier alpha value is -0.870. The van der Waals surface area contributed by atoms with E-state index >= 15 is 0 Å². The Morgan fingerprint density at radius 3 is 2.74 bits per heavy atom. The zero-order valence-electron chi connectivity index (χ0n) is 12.4. The number of hydrogen-bond donors (Lipinski definition) is 2. The highest BCUT2D eigenvalue weighted by molar-refractivity contribution is 5.25. The van der Waals surface area contributed by atoms with Crippen molar-refractivity contribution in [3.8, 4) is 0 Å². The summed E-state index contributed by atoms with van der Waals surface area (Å²) in [5.74, 6) is 0. The number of nitrogens with zero attached hydrogens (tertiary/aromatic N) is 2. The van der Waals surface area contributed by atoms with E-state index in [4.69, 9.17) is 0 Å². The molecule has 0 radical (unpaired) electrons. The molecule has 0 spiro atoms. The smallest absolute Gasteiger partial charge is 0.0781 e. The van der Waals surface area contributed by atoms with Gasteiger partial charge in [0.2, 0.25) is 0 Å². The Kier molecular flexibility index (Phi) is 4.99. The molecule has 0 aromatic carbocycles. The molecular formula is C15H27N3O. The van der Waals surface area contributed by atoms with Gasteiger partial charge in [-0.2, -0.15) is 5.10 Å². The van der Waals surface area contributed by atoms with E-state index in [2.05, 4.69) is 35.9 Å². The minimum absolute atomic E-state index is 0.173. The van der Waals surface area contributed by atoms with Crippen molar-refractivity contribution in [2.75, 3.05) is 6.54 Å². The van der Waals surface area contributed by atoms with E-state index in [1.807, 2.05) is 0 Å². The molecule has 0 aliphatic heterocycles. The molecule has 4 heteroatoms. The van der Waals surface area contributed by atoms with Crippen molar-refractivity contribution < 1.29 is 5.11 Å². The Bertz CT molecular complexity index is 414. The Balaban J connectivity index is 2.15. The van der Waals surface area contributed by atoms with E-state index in [1.54, 1.807) is 0 Å². The summed E-state index contributed by atoms with van der Waals surface area (Å²) in [6, 6.07) is 0.173. The average molecular weight is 265 g/mol. The van der Waals surface area contributed by atoms with Gasteiger partial charge < -0.3 is 10.4 Å². The van der Waals surface area contributed by atoms with Crippen LogP contribution < -0.4 is 5.32 Å². The molecule has 0 saturated heterocycles. The maximum atomic E-state index is 10.2. The van der Waals surface area contributed by atoms with Crippen LogP contribution in [-0.4, -0.2) is 27.5 Å². The zero-order valence-corrected chi connectivity index (χ0v) is 12.4. The topological polar surface area (TPSA) is 50.1 Å². The third kappa shape index (κ3) is 3.18. The quantitative estimate of drug-likeness (QED) is 0.804. The number of rotatable bonds is 5. The summed E-state index contributed by atoms with van der Waals surface area (Å²) in [5.41, 5.74) is 3.61. The SMILES string of the molecule is CCCNCc1c(C)nn(C2CCCCC2O)c1C. The predicted molar refractivity (Wildman–Crippen MR) is 77.2 cm³/mol. The standard InChI is InChI=1S/C15H27N3O/c1-4-9-16-10-13-11(2)17-18(12(13)3)14-7-5-6-8-15(14)19/h14-16,19H,4-10H2,1-3H3. The molecule has 4 nitrogen and oxygen atoms in total. The van der Waals surface area contributed by atoms with Crippen molar-refractivity contribution >= 4 is 0 Å². The molecule has 2 N–H and O–H groups in total. The van der Waals surface area contributed by atoms with Crippen molar-refractivity contribution in [2.45, 2.75) is 71.6 Å². The van der Waals surface area contributed by atoms with Crippen molar-refractivity contribution in [1.29, 1.82) is 0 Å². The molecule has 108 valence electrons. The van der Waals surface area contributed by atoms with E-state index in [9.17, 15) is 5.11 Å². The van der Waals surface area contributed by atoms with Crippen molar-refractivity contribution in [3.63, 3.8) is 0 Å². The van der Waals surface area contributed by atoms with Crippen LogP contribution >= 0.6 is 0 Å². The lowest BCUT2D eigenvalue weighted by Gasteiger charge is -2.28. The monoisotopic (exact) mass is 265 g/mol. The second-order valence-electron chi connectivity index (χ2n) is 5.69. The molecule has 1 aromatic heterocycles. The fourth-order valence-electron chi connectivity index (χ4n) is 3.04. The van der Waals surface area contributed by atoms with Gasteiger partial charge in [-0.05, 0) is 39.7 Å². The lowest BCUT2D eigenvalue weighted by atomic mass is 9.92. The van der Waals surface area contributed by atoms with Crippen LogP contribution in [0.15, 0.2) is 0 Å². The highest BCUT2D eigenvalue weighted by atomic mass is 16.3. The van der Waals surface area contributed by atoms with E-state index in [0.29, 0.717) is 0 Å². The van der Waals surface area contributed by atoms with Gasteiger partial charge >= 0.3 is 0 Å². The fourth-order valence-corrected chi connectivity index (χ4v) is 3.04. The summed E-state index contributed by atoms with van der Waals surface area (Å²) in [6.07, 6.45) is 5.21. The number of aliphatic hydroxyl groups is 1. The fraction of sp³-hybridized carbons (Fsp3) is 0.800. The molecule has 1 fully saturated rings. The lowest BCUT2D eigenvalue weighted by Crippen LogP contribution is -2.29. The van der Waals surface area contributed by atoms with Crippen molar-refractivity contribution in [3.05, 3.63) is 17.0 Å². The number of hydrogen-bond acceptors (Lipinski definition) is 3. The molecule has 1 heterocycles. The lowest BCUT2D eigenvalue weighted by molar-refractivity contribution is 0.0682. The van der Waals surface area contributed by atoms with E-state index in [0.717, 1.165) is 44.5 Å². The van der Waals surface area contributed by atoms with Crippen LogP contribution in [0.1, 0.15) is 62.0 Å². The molecule has 1 aromatic rings. The summed E-state index contributed by atoms with van der Waals surface area (Å²) in [7, 11) is 0. The van der Waals surface area contributed by atoms with Crippen LogP contribution in [0.3, 0.4) is 0 Å². The molecular weight excluding hydrogens is 238 g/mol. The molecule has 1 saturated carbocycles. The Morgan fingerprint density at radius 1 is 1.32 bits per heavy atom. The van der Waals surface area contributed by atoms with Gasteiger partial charge in [0.15, 0.2) is 0 Å². The summed E-state index contributed by atoms with van der Waals surface area (Å²) < 4.78 is 2.07. The van der Waals surface area contributed by atoms with Crippen LogP contribution in [0, 0.1) is 13.8 Å². The Labute approximate surface area is 116 Å². The summed E-state index contributed by atoms with van der Waals surface area (Å²) in [4.78, 5) is 0. The largest absolute Gasteiger partial charge is 0.391 e. The van der Waals surface area contributed by atoms with Gasteiger partial charge in [-0.1, -0.05) is 19.8 Å². The highest BCUT2D eigenvalue weighted by Gasteiger charge is 2.27. The van der Waals surface area contributed by atoms with Crippen LogP contribution in [0.25, 0.3) is 0 Å². The maximum absolute atomic E-state index is 10.2. The third-order valence-corrected chi connectivity index (χ3v) is 4.21. The second-order valence-corrected chi connectivity index (χ2v) is 5.69. The molecule has 2 atom stereocenters. The normalized spacial score (nSPS) is 23.8. The molecule has 1 aliphatic carbocycles. The summed E-state index contributed by atoms with van der Waals surface area (Å²) >= 11 is 0. The molecule has 0 bridgehead atoms. The predicted octanol–water partition coefficient (Wildman–Crippen LogP) is 2.48. The molecule has 19 heavy (non-hydrogen) atoms. The van der Waals surface area contributed by atoms with E-state index in [1.165, 1.54) is 17.7 Å². The molecule has 2 rings (SSSR count). The van der Waals surface area contributed by atoms with Gasteiger partial charge in [-0.3, -0.25) is 4.68 Å². The van der Waals surface area contributed by atoms with Gasteiger partial charge in [-0.15, -0.1) is 0 Å². The van der Waals surface area contributed by atoms with Gasteiger partial charge in [0.25, 0.3) is 0 Å². The first-order chi connectivity index (χ1) is 9.15. The number of nitrogens with one attached hydrogen (secondary N) is 1.